The molecule has 98 valence electrons. The summed E-state index contributed by atoms with van der Waals surface area (Å²) in [6.45, 7) is 8.20. The SMILES string of the molecule is CCCCNc1nc(C)cn1C(C)CCOC. The van der Waals surface area contributed by atoms with Crippen LogP contribution in [-0.2, 0) is 4.74 Å². The van der Waals surface area contributed by atoms with Crippen LogP contribution in [-0.4, -0.2) is 29.8 Å². The van der Waals surface area contributed by atoms with Gasteiger partial charge in [-0.15, -0.1) is 0 Å². The number of nitrogens with zero attached hydrogens (tertiary/aromatic N) is 2. The molecule has 1 aromatic heterocycles. The van der Waals surface area contributed by atoms with E-state index in [9.17, 15) is 0 Å². The fourth-order valence-electron chi connectivity index (χ4n) is 1.79. The van der Waals surface area contributed by atoms with E-state index in [1.54, 1.807) is 7.11 Å². The van der Waals surface area contributed by atoms with E-state index in [1.807, 2.05) is 6.92 Å². The number of hydrogen-bond acceptors (Lipinski definition) is 3. The first-order valence-corrected chi connectivity index (χ1v) is 6.47. The maximum absolute atomic E-state index is 5.13. The average Bonchev–Trinajstić information content (AvgIpc) is 2.68. The minimum absolute atomic E-state index is 0.417. The maximum atomic E-state index is 5.13. The highest BCUT2D eigenvalue weighted by molar-refractivity contribution is 5.29. The molecule has 1 heterocycles. The van der Waals surface area contributed by atoms with Gasteiger partial charge in [-0.1, -0.05) is 13.3 Å². The van der Waals surface area contributed by atoms with Gasteiger partial charge in [0.15, 0.2) is 0 Å². The van der Waals surface area contributed by atoms with Gasteiger partial charge in [0.2, 0.25) is 5.95 Å². The Balaban J connectivity index is 2.62. The molecule has 0 aliphatic carbocycles. The first kappa shape index (κ1) is 14.0. The summed E-state index contributed by atoms with van der Waals surface area (Å²) in [4.78, 5) is 4.52. The summed E-state index contributed by atoms with van der Waals surface area (Å²) >= 11 is 0. The van der Waals surface area contributed by atoms with Gasteiger partial charge in [-0.05, 0) is 26.7 Å². The predicted molar refractivity (Wildman–Crippen MR) is 71.6 cm³/mol. The lowest BCUT2D eigenvalue weighted by atomic mass is 10.2. The number of unbranched alkanes of at least 4 members (excludes halogenated alkanes) is 1. The van der Waals surface area contributed by atoms with Crippen molar-refractivity contribution in [2.24, 2.45) is 0 Å². The highest BCUT2D eigenvalue weighted by Crippen LogP contribution is 2.18. The summed E-state index contributed by atoms with van der Waals surface area (Å²) in [7, 11) is 1.74. The standard InChI is InChI=1S/C13H25N3O/c1-5-6-8-14-13-15-11(2)10-16(13)12(3)7-9-17-4/h10,12H,5-9H2,1-4H3,(H,14,15). The highest BCUT2D eigenvalue weighted by atomic mass is 16.5. The van der Waals surface area contributed by atoms with Crippen LogP contribution in [0.1, 0.15) is 44.8 Å². The molecule has 1 atom stereocenters. The number of nitrogens with one attached hydrogen (secondary N) is 1. The monoisotopic (exact) mass is 239 g/mol. The molecule has 0 bridgehead atoms. The zero-order valence-corrected chi connectivity index (χ0v) is 11.5. The third-order valence-corrected chi connectivity index (χ3v) is 2.88. The van der Waals surface area contributed by atoms with E-state index in [2.05, 4.69) is 34.9 Å². The van der Waals surface area contributed by atoms with Crippen molar-refractivity contribution >= 4 is 5.95 Å². The van der Waals surface area contributed by atoms with Crippen LogP contribution in [0.25, 0.3) is 0 Å². The molecule has 0 aliphatic heterocycles. The Morgan fingerprint density at radius 1 is 1.53 bits per heavy atom. The van der Waals surface area contributed by atoms with Gasteiger partial charge in [-0.25, -0.2) is 4.98 Å². The Bertz CT molecular complexity index is 322. The molecule has 1 rings (SSSR count). The van der Waals surface area contributed by atoms with E-state index in [4.69, 9.17) is 4.74 Å². The van der Waals surface area contributed by atoms with Crippen molar-refractivity contribution in [3.63, 3.8) is 0 Å². The number of hydrogen-bond donors (Lipinski definition) is 1. The molecule has 0 fully saturated rings. The average molecular weight is 239 g/mol. The minimum atomic E-state index is 0.417. The van der Waals surface area contributed by atoms with Gasteiger partial charge >= 0.3 is 0 Å². The van der Waals surface area contributed by atoms with Gasteiger partial charge in [0, 0.05) is 32.5 Å². The van der Waals surface area contributed by atoms with Crippen LogP contribution in [0.5, 0.6) is 0 Å². The Morgan fingerprint density at radius 2 is 2.29 bits per heavy atom. The molecule has 1 aromatic rings. The lowest BCUT2D eigenvalue weighted by Crippen LogP contribution is -2.13. The van der Waals surface area contributed by atoms with E-state index >= 15 is 0 Å². The number of aryl methyl sites for hydroxylation is 1. The first-order valence-electron chi connectivity index (χ1n) is 6.47. The molecule has 0 radical (unpaired) electrons. The Kier molecular flexibility index (Phi) is 6.05. The third-order valence-electron chi connectivity index (χ3n) is 2.88. The maximum Gasteiger partial charge on any atom is 0.203 e. The van der Waals surface area contributed by atoms with Gasteiger partial charge in [-0.3, -0.25) is 0 Å². The summed E-state index contributed by atoms with van der Waals surface area (Å²) in [5, 5.41) is 3.40. The fraction of sp³-hybridized carbons (Fsp3) is 0.769. The fourth-order valence-corrected chi connectivity index (χ4v) is 1.79. The summed E-state index contributed by atoms with van der Waals surface area (Å²) < 4.78 is 7.34. The van der Waals surface area contributed by atoms with Crippen molar-refractivity contribution in [3.05, 3.63) is 11.9 Å². The molecule has 0 saturated heterocycles. The first-order chi connectivity index (χ1) is 8.19. The normalized spacial score (nSPS) is 12.7. The number of rotatable bonds is 8. The van der Waals surface area contributed by atoms with Crippen LogP contribution in [0, 0.1) is 6.92 Å². The number of anilines is 1. The summed E-state index contributed by atoms with van der Waals surface area (Å²) in [6, 6.07) is 0.417. The Morgan fingerprint density at radius 3 is 2.94 bits per heavy atom. The quantitative estimate of drug-likeness (QED) is 0.709. The number of imidazole rings is 1. The molecule has 4 nitrogen and oxygen atoms in total. The zero-order chi connectivity index (χ0) is 12.7. The minimum Gasteiger partial charge on any atom is -0.385 e. The summed E-state index contributed by atoms with van der Waals surface area (Å²) in [5.41, 5.74) is 1.06. The topological polar surface area (TPSA) is 39.1 Å². The van der Waals surface area contributed by atoms with Crippen molar-refractivity contribution in [1.82, 2.24) is 9.55 Å². The zero-order valence-electron chi connectivity index (χ0n) is 11.5. The van der Waals surface area contributed by atoms with Gasteiger partial charge in [0.1, 0.15) is 0 Å². The van der Waals surface area contributed by atoms with Crippen molar-refractivity contribution in [1.29, 1.82) is 0 Å². The van der Waals surface area contributed by atoms with E-state index in [0.717, 1.165) is 31.2 Å². The largest absolute Gasteiger partial charge is 0.385 e. The predicted octanol–water partition coefficient (Wildman–Crippen LogP) is 3.00. The van der Waals surface area contributed by atoms with Crippen molar-refractivity contribution < 1.29 is 4.74 Å². The second-order valence-corrected chi connectivity index (χ2v) is 4.52. The lowest BCUT2D eigenvalue weighted by Gasteiger charge is -2.16. The molecule has 17 heavy (non-hydrogen) atoms. The van der Waals surface area contributed by atoms with Crippen LogP contribution in [0.2, 0.25) is 0 Å². The molecule has 1 unspecified atom stereocenters. The van der Waals surface area contributed by atoms with Gasteiger partial charge in [-0.2, -0.15) is 0 Å². The molecule has 0 saturated carbocycles. The third kappa shape index (κ3) is 4.38. The van der Waals surface area contributed by atoms with Crippen LogP contribution in [0.3, 0.4) is 0 Å². The van der Waals surface area contributed by atoms with E-state index in [0.29, 0.717) is 6.04 Å². The van der Waals surface area contributed by atoms with Gasteiger partial charge in [0.05, 0.1) is 5.69 Å². The van der Waals surface area contributed by atoms with Crippen molar-refractivity contribution in [2.45, 2.75) is 46.1 Å². The Labute approximate surface area is 104 Å². The van der Waals surface area contributed by atoms with E-state index < -0.39 is 0 Å². The molecule has 0 amide bonds. The molecule has 1 N–H and O–H groups in total. The van der Waals surface area contributed by atoms with Gasteiger partial charge in [0.25, 0.3) is 0 Å². The van der Waals surface area contributed by atoms with Gasteiger partial charge < -0.3 is 14.6 Å². The molecule has 0 aromatic carbocycles. The summed E-state index contributed by atoms with van der Waals surface area (Å²) in [5.74, 6) is 0.986. The number of ether oxygens (including phenoxy) is 1. The smallest absolute Gasteiger partial charge is 0.203 e. The van der Waals surface area contributed by atoms with Crippen LogP contribution in [0.4, 0.5) is 5.95 Å². The number of aromatic nitrogens is 2. The second kappa shape index (κ2) is 7.33. The molecule has 4 heteroatoms. The molecule has 0 aliphatic rings. The second-order valence-electron chi connectivity index (χ2n) is 4.52. The van der Waals surface area contributed by atoms with Crippen LogP contribution >= 0.6 is 0 Å². The Hall–Kier alpha value is -1.03. The van der Waals surface area contributed by atoms with E-state index in [-0.39, 0.29) is 0 Å². The van der Waals surface area contributed by atoms with Crippen molar-refractivity contribution in [2.75, 3.05) is 25.6 Å². The number of methoxy groups -OCH3 is 1. The van der Waals surface area contributed by atoms with E-state index in [1.165, 1.54) is 12.8 Å². The molecular formula is C13H25N3O. The molecule has 0 spiro atoms. The van der Waals surface area contributed by atoms with Crippen molar-refractivity contribution in [3.8, 4) is 0 Å². The summed E-state index contributed by atoms with van der Waals surface area (Å²) in [6.07, 6.45) is 5.49. The lowest BCUT2D eigenvalue weighted by molar-refractivity contribution is 0.181. The van der Waals surface area contributed by atoms with Crippen LogP contribution in [0.15, 0.2) is 6.20 Å². The van der Waals surface area contributed by atoms with Crippen LogP contribution < -0.4 is 5.32 Å². The highest BCUT2D eigenvalue weighted by Gasteiger charge is 2.11. The molecular weight excluding hydrogens is 214 g/mol.